The molecular weight excluding hydrogens is 378 g/mol. The third-order valence-corrected chi connectivity index (χ3v) is 5.08. The number of nitrogens with one attached hydrogen (secondary N) is 1. The maximum Gasteiger partial charge on any atom is 0.260 e. The van der Waals surface area contributed by atoms with Gasteiger partial charge in [-0.3, -0.25) is 9.10 Å². The van der Waals surface area contributed by atoms with Crippen LogP contribution < -0.4 is 14.5 Å². The van der Waals surface area contributed by atoms with E-state index in [1.165, 1.54) is 0 Å². The molecule has 0 heterocycles. The van der Waals surface area contributed by atoms with Gasteiger partial charge in [-0.05, 0) is 62.7 Å². The Morgan fingerprint density at radius 3 is 2.25 bits per heavy atom. The third-order valence-electron chi connectivity index (χ3n) is 3.94. The van der Waals surface area contributed by atoms with Crippen molar-refractivity contribution in [3.63, 3.8) is 0 Å². The highest BCUT2D eigenvalue weighted by Gasteiger charge is 2.20. The lowest BCUT2D eigenvalue weighted by Gasteiger charge is -2.21. The highest BCUT2D eigenvalue weighted by molar-refractivity contribution is 7.92. The number of benzene rings is 2. The van der Waals surface area contributed by atoms with E-state index < -0.39 is 15.9 Å². The number of carbonyl (C=O) groups excluding carboxylic acids is 1. The normalized spacial score (nSPS) is 11.8. The number of sulfonamides is 1. The summed E-state index contributed by atoms with van der Waals surface area (Å²) in [5, 5.41) is 4.07. The molecule has 7 nitrogen and oxygen atoms in total. The number of ether oxygens (including phenoxy) is 1. The van der Waals surface area contributed by atoms with Gasteiger partial charge in [-0.25, -0.2) is 13.8 Å². The zero-order chi connectivity index (χ0) is 20.7. The fourth-order valence-electron chi connectivity index (χ4n) is 2.45. The summed E-state index contributed by atoms with van der Waals surface area (Å²) < 4.78 is 30.6. The van der Waals surface area contributed by atoms with Gasteiger partial charge >= 0.3 is 0 Å². The van der Waals surface area contributed by atoms with E-state index in [-0.39, 0.29) is 6.54 Å². The number of anilines is 1. The Morgan fingerprint density at radius 2 is 1.71 bits per heavy atom. The van der Waals surface area contributed by atoms with Crippen LogP contribution in [-0.2, 0) is 14.8 Å². The van der Waals surface area contributed by atoms with Crippen molar-refractivity contribution >= 4 is 27.3 Å². The first-order valence-corrected chi connectivity index (χ1v) is 10.7. The minimum atomic E-state index is -3.62. The number of amides is 1. The molecule has 0 spiro atoms. The first kappa shape index (κ1) is 21.4. The van der Waals surface area contributed by atoms with Crippen molar-refractivity contribution in [1.29, 1.82) is 0 Å². The molecule has 2 aromatic rings. The summed E-state index contributed by atoms with van der Waals surface area (Å²) in [6, 6.07) is 14.2. The summed E-state index contributed by atoms with van der Waals surface area (Å²) >= 11 is 0. The van der Waals surface area contributed by atoms with Crippen molar-refractivity contribution in [1.82, 2.24) is 5.43 Å². The SMILES string of the molecule is CCOc1ccc(C(C)=NNC(=O)CN(c2ccc(C)cc2)S(C)(=O)=O)cc1. The van der Waals surface area contributed by atoms with Crippen LogP contribution in [0.1, 0.15) is 25.0 Å². The van der Waals surface area contributed by atoms with Crippen LogP contribution in [0.15, 0.2) is 53.6 Å². The van der Waals surface area contributed by atoms with Gasteiger partial charge in [0.15, 0.2) is 0 Å². The topological polar surface area (TPSA) is 88.1 Å². The Bertz CT molecular complexity index is 936. The molecule has 1 N–H and O–H groups in total. The second kappa shape index (κ2) is 9.36. The summed E-state index contributed by atoms with van der Waals surface area (Å²) in [5.74, 6) is 0.223. The number of nitrogens with zero attached hydrogens (tertiary/aromatic N) is 2. The summed E-state index contributed by atoms with van der Waals surface area (Å²) in [7, 11) is -3.62. The predicted octanol–water partition coefficient (Wildman–Crippen LogP) is 2.70. The molecule has 8 heteroatoms. The van der Waals surface area contributed by atoms with E-state index in [1.807, 2.05) is 38.1 Å². The first-order chi connectivity index (χ1) is 13.2. The minimum Gasteiger partial charge on any atom is -0.494 e. The van der Waals surface area contributed by atoms with Gasteiger partial charge in [0, 0.05) is 0 Å². The number of aryl methyl sites for hydroxylation is 1. The molecule has 0 radical (unpaired) electrons. The van der Waals surface area contributed by atoms with Crippen molar-refractivity contribution in [3.05, 3.63) is 59.7 Å². The molecule has 28 heavy (non-hydrogen) atoms. The van der Waals surface area contributed by atoms with Crippen LogP contribution in [0.3, 0.4) is 0 Å². The molecule has 0 saturated carbocycles. The maximum absolute atomic E-state index is 12.3. The minimum absolute atomic E-state index is 0.359. The fraction of sp³-hybridized carbons (Fsp3) is 0.300. The van der Waals surface area contributed by atoms with E-state index in [0.29, 0.717) is 18.0 Å². The van der Waals surface area contributed by atoms with E-state index in [4.69, 9.17) is 4.74 Å². The van der Waals surface area contributed by atoms with Crippen LogP contribution in [0.5, 0.6) is 5.75 Å². The zero-order valence-electron chi connectivity index (χ0n) is 16.5. The number of carbonyl (C=O) groups is 1. The highest BCUT2D eigenvalue weighted by Crippen LogP contribution is 2.18. The largest absolute Gasteiger partial charge is 0.494 e. The molecule has 0 atom stereocenters. The summed E-state index contributed by atoms with van der Waals surface area (Å²) in [5.41, 5.74) is 5.26. The van der Waals surface area contributed by atoms with E-state index in [2.05, 4.69) is 10.5 Å². The first-order valence-electron chi connectivity index (χ1n) is 8.81. The number of hydrogen-bond acceptors (Lipinski definition) is 5. The van der Waals surface area contributed by atoms with Gasteiger partial charge in [-0.15, -0.1) is 0 Å². The van der Waals surface area contributed by atoms with Crippen molar-refractivity contribution < 1.29 is 17.9 Å². The molecule has 0 unspecified atom stereocenters. The monoisotopic (exact) mass is 403 g/mol. The lowest BCUT2D eigenvalue weighted by Crippen LogP contribution is -2.39. The highest BCUT2D eigenvalue weighted by atomic mass is 32.2. The molecule has 0 aliphatic rings. The van der Waals surface area contributed by atoms with E-state index >= 15 is 0 Å². The second-order valence-corrected chi connectivity index (χ2v) is 8.20. The maximum atomic E-state index is 12.3. The van der Waals surface area contributed by atoms with E-state index in [9.17, 15) is 13.2 Å². The summed E-state index contributed by atoms with van der Waals surface area (Å²) in [6.45, 7) is 5.79. The quantitative estimate of drug-likeness (QED) is 0.542. The van der Waals surface area contributed by atoms with Gasteiger partial charge in [0.1, 0.15) is 12.3 Å². The molecule has 150 valence electrons. The molecule has 2 rings (SSSR count). The van der Waals surface area contributed by atoms with E-state index in [0.717, 1.165) is 27.4 Å². The van der Waals surface area contributed by atoms with Gasteiger partial charge in [-0.1, -0.05) is 17.7 Å². The van der Waals surface area contributed by atoms with Crippen LogP contribution in [0, 0.1) is 6.92 Å². The van der Waals surface area contributed by atoms with Crippen molar-refractivity contribution in [2.24, 2.45) is 5.10 Å². The number of hydrogen-bond donors (Lipinski definition) is 1. The Balaban J connectivity index is 2.07. The Morgan fingerprint density at radius 1 is 1.11 bits per heavy atom. The third kappa shape index (κ3) is 6.09. The predicted molar refractivity (Wildman–Crippen MR) is 111 cm³/mol. The van der Waals surface area contributed by atoms with Crippen LogP contribution in [0.2, 0.25) is 0 Å². The molecule has 2 aromatic carbocycles. The molecule has 0 bridgehead atoms. The van der Waals surface area contributed by atoms with Crippen molar-refractivity contribution in [2.45, 2.75) is 20.8 Å². The second-order valence-electron chi connectivity index (χ2n) is 6.29. The van der Waals surface area contributed by atoms with Gasteiger partial charge in [-0.2, -0.15) is 5.10 Å². The Hall–Kier alpha value is -2.87. The molecule has 0 fully saturated rings. The molecule has 0 aromatic heterocycles. The Labute approximate surface area is 166 Å². The van der Waals surface area contributed by atoms with Crippen LogP contribution >= 0.6 is 0 Å². The lowest BCUT2D eigenvalue weighted by molar-refractivity contribution is -0.119. The number of rotatable bonds is 8. The van der Waals surface area contributed by atoms with Crippen LogP contribution in [-0.4, -0.2) is 39.4 Å². The lowest BCUT2D eigenvalue weighted by atomic mass is 10.1. The molecule has 1 amide bonds. The molecule has 0 aliphatic carbocycles. The summed E-state index contributed by atoms with van der Waals surface area (Å²) in [4.78, 5) is 12.3. The van der Waals surface area contributed by atoms with Gasteiger partial charge in [0.2, 0.25) is 10.0 Å². The standard InChI is InChI=1S/C20H25N3O4S/c1-5-27-19-12-8-17(9-13-19)16(3)21-22-20(24)14-23(28(4,25)26)18-10-6-15(2)7-11-18/h6-13H,5,14H2,1-4H3,(H,22,24). The smallest absolute Gasteiger partial charge is 0.260 e. The van der Waals surface area contributed by atoms with Crippen LogP contribution in [0.4, 0.5) is 5.69 Å². The molecule has 0 aliphatic heterocycles. The zero-order valence-corrected chi connectivity index (χ0v) is 17.3. The summed E-state index contributed by atoms with van der Waals surface area (Å²) in [6.07, 6.45) is 1.06. The Kier molecular flexibility index (Phi) is 7.17. The van der Waals surface area contributed by atoms with Gasteiger partial charge < -0.3 is 4.74 Å². The van der Waals surface area contributed by atoms with Gasteiger partial charge in [0.05, 0.1) is 24.3 Å². The van der Waals surface area contributed by atoms with E-state index in [1.54, 1.807) is 31.2 Å². The fourth-order valence-corrected chi connectivity index (χ4v) is 3.30. The van der Waals surface area contributed by atoms with Crippen molar-refractivity contribution in [3.8, 4) is 5.75 Å². The molecular formula is C20H25N3O4S. The molecule has 0 saturated heterocycles. The van der Waals surface area contributed by atoms with Crippen molar-refractivity contribution in [2.75, 3.05) is 23.7 Å². The number of hydrazone groups is 1. The van der Waals surface area contributed by atoms with Crippen LogP contribution in [0.25, 0.3) is 0 Å². The average molecular weight is 404 g/mol. The average Bonchev–Trinajstić information content (AvgIpc) is 2.65. The van der Waals surface area contributed by atoms with Gasteiger partial charge in [0.25, 0.3) is 5.91 Å².